The van der Waals surface area contributed by atoms with Gasteiger partial charge in [-0.05, 0) is 25.9 Å². The summed E-state index contributed by atoms with van der Waals surface area (Å²) in [5.41, 5.74) is 0. The highest BCUT2D eigenvalue weighted by Crippen LogP contribution is 2.03. The first-order valence-corrected chi connectivity index (χ1v) is 3.98. The molecule has 0 radical (unpaired) electrons. The summed E-state index contributed by atoms with van der Waals surface area (Å²) in [6, 6.07) is 0. The van der Waals surface area contributed by atoms with Crippen LogP contribution in [0.5, 0.6) is 0 Å². The van der Waals surface area contributed by atoms with Gasteiger partial charge in [0.25, 0.3) is 0 Å². The van der Waals surface area contributed by atoms with Gasteiger partial charge >= 0.3 is 16.6 Å². The molecule has 1 aliphatic rings. The fraction of sp³-hybridized carbons (Fsp3) is 1.00. The topological polar surface area (TPSA) is 21.3 Å². The van der Waals surface area contributed by atoms with E-state index in [1.54, 1.807) is 0 Å². The maximum Gasteiger partial charge on any atom is 0.410 e. The van der Waals surface area contributed by atoms with Gasteiger partial charge in [-0.2, -0.15) is 0 Å². The Labute approximate surface area is 58.4 Å². The average Bonchev–Trinajstić information content (AvgIpc) is 1.90. The molecule has 8 heavy (non-hydrogen) atoms. The largest absolute Gasteiger partial charge is 0.504 e. The number of piperidine rings is 1. The van der Waals surface area contributed by atoms with Crippen LogP contribution < -0.4 is 5.32 Å². The van der Waals surface area contributed by atoms with Gasteiger partial charge in [-0.3, -0.25) is 0 Å². The lowest BCUT2D eigenvalue weighted by atomic mass is 10.1. The van der Waals surface area contributed by atoms with Crippen molar-refractivity contribution in [1.82, 2.24) is 5.32 Å². The molecule has 0 spiro atoms. The third-order valence-electron chi connectivity index (χ3n) is 1.62. The highest BCUT2D eigenvalue weighted by atomic mass is 27.1. The average molecular weight is 129 g/mol. The van der Waals surface area contributed by atoms with Crippen LogP contribution in [0, 0.1) is 0 Å². The van der Waals surface area contributed by atoms with Gasteiger partial charge in [-0.15, -0.1) is 0 Å². The standard InChI is InChI=1S/C5H10NO.Al.2H/c7-5-1-3-6-4-2-5;;;/h5-6H,1-4H2;;;/q-1;+1;;. The van der Waals surface area contributed by atoms with Crippen LogP contribution in [0.1, 0.15) is 12.8 Å². The Bertz CT molecular complexity index is 63.4. The van der Waals surface area contributed by atoms with Gasteiger partial charge in [0.1, 0.15) is 0 Å². The minimum atomic E-state index is 0.586. The van der Waals surface area contributed by atoms with Crippen molar-refractivity contribution in [2.45, 2.75) is 18.9 Å². The van der Waals surface area contributed by atoms with Gasteiger partial charge < -0.3 is 9.11 Å². The van der Waals surface area contributed by atoms with Crippen LogP contribution in [0.4, 0.5) is 0 Å². The van der Waals surface area contributed by atoms with E-state index in [0.717, 1.165) is 29.7 Å². The second-order valence-corrected chi connectivity index (χ2v) is 2.66. The molecule has 0 aromatic heterocycles. The van der Waals surface area contributed by atoms with Crippen LogP contribution in [0.15, 0.2) is 0 Å². The maximum absolute atomic E-state index is 5.29. The van der Waals surface area contributed by atoms with E-state index in [0.29, 0.717) is 6.10 Å². The molecule has 1 saturated heterocycles. The Morgan fingerprint density at radius 2 is 2.00 bits per heavy atom. The Morgan fingerprint density at radius 3 is 2.38 bits per heavy atom. The van der Waals surface area contributed by atoms with Crippen LogP contribution in [-0.4, -0.2) is 35.8 Å². The minimum Gasteiger partial charge on any atom is -0.504 e. The van der Waals surface area contributed by atoms with E-state index in [1.165, 1.54) is 12.8 Å². The zero-order valence-corrected chi connectivity index (χ0v) is 7.31. The lowest BCUT2D eigenvalue weighted by Crippen LogP contribution is -2.31. The maximum atomic E-state index is 5.29. The van der Waals surface area contributed by atoms with Crippen molar-refractivity contribution in [2.24, 2.45) is 0 Å². The SMILES string of the molecule is [AlH2][O]C1CCNCC1. The van der Waals surface area contributed by atoms with Crippen molar-refractivity contribution in [3.8, 4) is 0 Å². The van der Waals surface area contributed by atoms with Gasteiger partial charge in [-0.1, -0.05) is 0 Å². The van der Waals surface area contributed by atoms with Gasteiger partial charge in [0, 0.05) is 6.10 Å². The molecule has 1 N–H and O–H groups in total. The Balaban J connectivity index is 2.13. The van der Waals surface area contributed by atoms with Crippen molar-refractivity contribution < 1.29 is 3.79 Å². The zero-order chi connectivity index (χ0) is 5.82. The first-order chi connectivity index (χ1) is 3.93. The highest BCUT2D eigenvalue weighted by Gasteiger charge is 2.08. The van der Waals surface area contributed by atoms with E-state index in [9.17, 15) is 0 Å². The summed E-state index contributed by atoms with van der Waals surface area (Å²) >= 11 is 0.902. The second kappa shape index (κ2) is 3.47. The Morgan fingerprint density at radius 1 is 1.38 bits per heavy atom. The summed E-state index contributed by atoms with van der Waals surface area (Å²) in [5.74, 6) is 0. The predicted molar refractivity (Wildman–Crippen MR) is 35.5 cm³/mol. The predicted octanol–water partition coefficient (Wildman–Crippen LogP) is -0.697. The molecule has 0 saturated carbocycles. The molecule has 1 fully saturated rings. The lowest BCUT2D eigenvalue weighted by Gasteiger charge is -2.22. The molecule has 0 atom stereocenters. The molecule has 0 aliphatic carbocycles. The van der Waals surface area contributed by atoms with E-state index in [1.807, 2.05) is 0 Å². The first-order valence-electron chi connectivity index (χ1n) is 3.17. The Hall–Kier alpha value is 0.452. The van der Waals surface area contributed by atoms with Crippen LogP contribution in [-0.2, 0) is 3.79 Å². The first kappa shape index (κ1) is 6.57. The summed E-state index contributed by atoms with van der Waals surface area (Å²) in [5, 5.41) is 3.28. The van der Waals surface area contributed by atoms with Gasteiger partial charge in [0.15, 0.2) is 0 Å². The summed E-state index contributed by atoms with van der Waals surface area (Å²) in [6.45, 7) is 2.29. The van der Waals surface area contributed by atoms with Crippen LogP contribution in [0.25, 0.3) is 0 Å². The molecule has 0 aromatic carbocycles. The molecular weight excluding hydrogens is 117 g/mol. The number of nitrogens with one attached hydrogen (secondary N) is 1. The third-order valence-corrected chi connectivity index (χ3v) is 2.29. The number of hydrogen-bond donors (Lipinski definition) is 1. The smallest absolute Gasteiger partial charge is 0.410 e. The van der Waals surface area contributed by atoms with Crippen molar-refractivity contribution in [3.63, 3.8) is 0 Å². The molecule has 0 unspecified atom stereocenters. The quantitative estimate of drug-likeness (QED) is 0.473. The van der Waals surface area contributed by atoms with E-state index in [2.05, 4.69) is 5.32 Å². The molecule has 2 nitrogen and oxygen atoms in total. The van der Waals surface area contributed by atoms with E-state index < -0.39 is 0 Å². The van der Waals surface area contributed by atoms with Crippen LogP contribution in [0.3, 0.4) is 0 Å². The molecule has 0 amide bonds. The summed E-state index contributed by atoms with van der Waals surface area (Å²) in [4.78, 5) is 0. The molecule has 46 valence electrons. The number of rotatable bonds is 1. The molecule has 1 heterocycles. The van der Waals surface area contributed by atoms with Crippen molar-refractivity contribution >= 4 is 16.6 Å². The van der Waals surface area contributed by atoms with Crippen molar-refractivity contribution in [2.75, 3.05) is 13.1 Å². The monoisotopic (exact) mass is 129 g/mol. The lowest BCUT2D eigenvalue weighted by molar-refractivity contribution is 0.178. The zero-order valence-electron chi connectivity index (χ0n) is 5.31. The molecular formula is C5H12AlNO. The summed E-state index contributed by atoms with van der Waals surface area (Å²) in [6.07, 6.45) is 3.01. The molecule has 0 bridgehead atoms. The normalized spacial score (nSPS) is 23.5. The minimum absolute atomic E-state index is 0.586. The second-order valence-electron chi connectivity index (χ2n) is 2.19. The molecule has 3 heteroatoms. The fourth-order valence-corrected chi connectivity index (χ4v) is 1.50. The third kappa shape index (κ3) is 1.76. The molecule has 1 aliphatic heterocycles. The van der Waals surface area contributed by atoms with Gasteiger partial charge in [-0.25, -0.2) is 0 Å². The fourth-order valence-electron chi connectivity index (χ4n) is 1.03. The van der Waals surface area contributed by atoms with Crippen LogP contribution in [0.2, 0.25) is 0 Å². The number of hydrogen-bond acceptors (Lipinski definition) is 2. The van der Waals surface area contributed by atoms with Crippen molar-refractivity contribution in [3.05, 3.63) is 0 Å². The van der Waals surface area contributed by atoms with E-state index >= 15 is 0 Å². The molecule has 0 aromatic rings. The van der Waals surface area contributed by atoms with E-state index in [-0.39, 0.29) is 0 Å². The van der Waals surface area contributed by atoms with Gasteiger partial charge in [0.05, 0.1) is 0 Å². The van der Waals surface area contributed by atoms with Crippen molar-refractivity contribution in [1.29, 1.82) is 0 Å². The van der Waals surface area contributed by atoms with Crippen LogP contribution >= 0.6 is 0 Å². The highest BCUT2D eigenvalue weighted by molar-refractivity contribution is 5.98. The summed E-state index contributed by atoms with van der Waals surface area (Å²) in [7, 11) is 0. The Kier molecular flexibility index (Phi) is 2.85. The van der Waals surface area contributed by atoms with E-state index in [4.69, 9.17) is 3.79 Å². The van der Waals surface area contributed by atoms with Gasteiger partial charge in [0.2, 0.25) is 0 Å². The molecule has 1 rings (SSSR count). The summed E-state index contributed by atoms with van der Waals surface area (Å²) < 4.78 is 5.29.